The van der Waals surface area contributed by atoms with Crippen molar-refractivity contribution in [1.82, 2.24) is 0 Å². The topological polar surface area (TPSA) is 66.8 Å². The van der Waals surface area contributed by atoms with Gasteiger partial charge in [-0.3, -0.25) is 0 Å². The fourth-order valence-corrected chi connectivity index (χ4v) is 8.58. The van der Waals surface area contributed by atoms with Crippen molar-refractivity contribution in [3.05, 3.63) is 65.2 Å². The van der Waals surface area contributed by atoms with Crippen LogP contribution < -0.4 is 4.74 Å². The highest BCUT2D eigenvalue weighted by atomic mass is 16.5. The Morgan fingerprint density at radius 1 is 0.900 bits per heavy atom. The van der Waals surface area contributed by atoms with Crippen molar-refractivity contribution in [3.63, 3.8) is 0 Å². The molecule has 0 spiro atoms. The molecule has 218 valence electrons. The molecule has 3 aliphatic carbocycles. The van der Waals surface area contributed by atoms with Gasteiger partial charge in [-0.05, 0) is 109 Å². The van der Waals surface area contributed by atoms with Crippen molar-refractivity contribution in [2.75, 3.05) is 6.61 Å². The normalized spacial score (nSPS) is 28.9. The van der Waals surface area contributed by atoms with Crippen LogP contribution in [0, 0.1) is 23.2 Å². The zero-order valence-corrected chi connectivity index (χ0v) is 24.5. The minimum absolute atomic E-state index is 0.0676. The first-order chi connectivity index (χ1) is 19.5. The molecule has 2 N–H and O–H groups in total. The van der Waals surface area contributed by atoms with Gasteiger partial charge in [0.25, 0.3) is 0 Å². The lowest BCUT2D eigenvalue weighted by atomic mass is 9.52. The van der Waals surface area contributed by atoms with Gasteiger partial charge in [0, 0.05) is 6.61 Å². The van der Waals surface area contributed by atoms with Gasteiger partial charge in [0.05, 0.1) is 11.7 Å². The second-order valence-electron chi connectivity index (χ2n) is 13.2. The highest BCUT2D eigenvalue weighted by molar-refractivity contribution is 5.91. The average molecular weight is 547 g/mol. The van der Waals surface area contributed by atoms with Crippen LogP contribution in [0.25, 0.3) is 0 Å². The average Bonchev–Trinajstić information content (AvgIpc) is 3.28. The van der Waals surface area contributed by atoms with Gasteiger partial charge in [0.2, 0.25) is 0 Å². The summed E-state index contributed by atoms with van der Waals surface area (Å²) in [6.07, 6.45) is 17.7. The zero-order valence-electron chi connectivity index (χ0n) is 24.5. The lowest BCUT2D eigenvalue weighted by molar-refractivity contribution is -0.0396. The molecule has 40 heavy (non-hydrogen) atoms. The third-order valence-corrected chi connectivity index (χ3v) is 10.8. The lowest BCUT2D eigenvalue weighted by Gasteiger charge is -2.53. The number of esters is 1. The molecule has 0 radical (unpaired) electrons. The number of aliphatic hydroxyl groups excluding tert-OH is 2. The molecule has 4 heteroatoms. The van der Waals surface area contributed by atoms with E-state index in [1.807, 2.05) is 24.3 Å². The summed E-state index contributed by atoms with van der Waals surface area (Å²) in [5.74, 6) is 2.79. The Morgan fingerprint density at radius 2 is 1.60 bits per heavy atom. The van der Waals surface area contributed by atoms with Crippen LogP contribution in [0.4, 0.5) is 0 Å². The summed E-state index contributed by atoms with van der Waals surface area (Å²) < 4.78 is 5.82. The zero-order chi connectivity index (χ0) is 28.0. The molecule has 0 bridgehead atoms. The van der Waals surface area contributed by atoms with E-state index >= 15 is 0 Å². The SMILES string of the molecule is C[C@]12CC[C@@H]3c4ccc(OC(=O)c5ccccc5)cc4C[C@@H](CCCCCCCCCCCO)[C@H]3[C@@H]1CC[C@H]2O. The largest absolute Gasteiger partial charge is 0.423 e. The Hall–Kier alpha value is -2.17. The number of hydrogen-bond donors (Lipinski definition) is 2. The molecule has 0 aliphatic heterocycles. The number of hydrogen-bond acceptors (Lipinski definition) is 4. The van der Waals surface area contributed by atoms with Crippen LogP contribution in [0.15, 0.2) is 48.5 Å². The van der Waals surface area contributed by atoms with Gasteiger partial charge < -0.3 is 14.9 Å². The summed E-state index contributed by atoms with van der Waals surface area (Å²) in [6.45, 7) is 2.69. The van der Waals surface area contributed by atoms with E-state index in [1.54, 1.807) is 12.1 Å². The maximum absolute atomic E-state index is 12.7. The van der Waals surface area contributed by atoms with E-state index in [4.69, 9.17) is 9.84 Å². The first-order valence-corrected chi connectivity index (χ1v) is 16.2. The number of rotatable bonds is 13. The highest BCUT2D eigenvalue weighted by Gasteiger charge is 2.56. The molecule has 2 aromatic rings. The molecule has 3 aliphatic rings. The van der Waals surface area contributed by atoms with Crippen molar-refractivity contribution >= 4 is 5.97 Å². The van der Waals surface area contributed by atoms with E-state index in [2.05, 4.69) is 19.1 Å². The van der Waals surface area contributed by atoms with Crippen LogP contribution in [-0.4, -0.2) is 28.9 Å². The van der Waals surface area contributed by atoms with Crippen LogP contribution in [0.5, 0.6) is 5.75 Å². The Bertz CT molecular complexity index is 1100. The molecule has 2 fully saturated rings. The van der Waals surface area contributed by atoms with Crippen molar-refractivity contribution in [2.24, 2.45) is 23.2 Å². The molecular weight excluding hydrogens is 496 g/mol. The van der Waals surface area contributed by atoms with Crippen LogP contribution in [0.3, 0.4) is 0 Å². The minimum Gasteiger partial charge on any atom is -0.423 e. The molecule has 0 saturated heterocycles. The minimum atomic E-state index is -0.299. The Morgan fingerprint density at radius 3 is 2.33 bits per heavy atom. The van der Waals surface area contributed by atoms with E-state index in [-0.39, 0.29) is 17.5 Å². The van der Waals surface area contributed by atoms with Gasteiger partial charge in [-0.1, -0.05) is 82.6 Å². The van der Waals surface area contributed by atoms with Crippen LogP contribution in [0.2, 0.25) is 0 Å². The second-order valence-corrected chi connectivity index (χ2v) is 13.2. The summed E-state index contributed by atoms with van der Waals surface area (Å²) in [4.78, 5) is 12.7. The van der Waals surface area contributed by atoms with Gasteiger partial charge in [0.15, 0.2) is 0 Å². The van der Waals surface area contributed by atoms with E-state index in [1.165, 1.54) is 62.5 Å². The van der Waals surface area contributed by atoms with Gasteiger partial charge in [0.1, 0.15) is 5.75 Å². The van der Waals surface area contributed by atoms with Gasteiger partial charge in [-0.15, -0.1) is 0 Å². The van der Waals surface area contributed by atoms with Gasteiger partial charge in [-0.2, -0.15) is 0 Å². The highest BCUT2D eigenvalue weighted by Crippen LogP contribution is 2.62. The third-order valence-electron chi connectivity index (χ3n) is 10.8. The second kappa shape index (κ2) is 13.7. The van der Waals surface area contributed by atoms with E-state index in [0.29, 0.717) is 41.6 Å². The van der Waals surface area contributed by atoms with Crippen LogP contribution >= 0.6 is 0 Å². The number of fused-ring (bicyclic) bond motifs is 5. The number of carbonyl (C=O) groups excluding carboxylic acids is 1. The first kappa shape index (κ1) is 29.3. The molecule has 2 aromatic carbocycles. The van der Waals surface area contributed by atoms with Crippen molar-refractivity contribution in [1.29, 1.82) is 0 Å². The fourth-order valence-electron chi connectivity index (χ4n) is 8.58. The number of ether oxygens (including phenoxy) is 1. The van der Waals surface area contributed by atoms with Gasteiger partial charge >= 0.3 is 5.97 Å². The van der Waals surface area contributed by atoms with Crippen molar-refractivity contribution in [2.45, 2.75) is 115 Å². The standard InChI is InChI=1S/C36H50O4/c1-36-22-21-31-30-18-17-29(40-35(39)26-14-11-9-12-15-26)25-28(30)24-27(34(31)32(36)19-20-33(36)38)16-10-7-5-3-2-4-6-8-13-23-37/h9,11-12,14-15,17-18,25,27,31-34,37-38H,2-8,10,13,16,19-24H2,1H3/t27-,31-,32+,33-,34-,36+/m1/s1. The number of unbranched alkanes of at least 4 members (excludes halogenated alkanes) is 8. The summed E-state index contributed by atoms with van der Waals surface area (Å²) in [6, 6.07) is 15.6. The smallest absolute Gasteiger partial charge is 0.343 e. The van der Waals surface area contributed by atoms with Crippen molar-refractivity contribution < 1.29 is 19.7 Å². The molecule has 4 nitrogen and oxygen atoms in total. The van der Waals surface area contributed by atoms with Crippen LogP contribution in [-0.2, 0) is 6.42 Å². The Balaban J connectivity index is 1.25. The molecule has 0 amide bonds. The summed E-state index contributed by atoms with van der Waals surface area (Å²) in [7, 11) is 0. The third kappa shape index (κ3) is 6.49. The Labute approximate surface area is 241 Å². The molecule has 5 rings (SSSR count). The fraction of sp³-hybridized carbons (Fsp3) is 0.639. The number of benzene rings is 2. The summed E-state index contributed by atoms with van der Waals surface area (Å²) in [5.41, 5.74) is 3.48. The maximum atomic E-state index is 12.7. The lowest BCUT2D eigenvalue weighted by Crippen LogP contribution is -2.47. The molecule has 0 heterocycles. The van der Waals surface area contributed by atoms with E-state index in [9.17, 15) is 9.90 Å². The number of carbonyl (C=O) groups is 1. The van der Waals surface area contributed by atoms with Crippen LogP contribution in [0.1, 0.15) is 124 Å². The first-order valence-electron chi connectivity index (χ1n) is 16.2. The molecule has 0 unspecified atom stereocenters. The van der Waals surface area contributed by atoms with E-state index < -0.39 is 0 Å². The molecule has 2 saturated carbocycles. The molecule has 6 atom stereocenters. The number of aliphatic hydroxyl groups is 2. The Kier molecular flexibility index (Phi) is 10.0. The summed E-state index contributed by atoms with van der Waals surface area (Å²) >= 11 is 0. The monoisotopic (exact) mass is 546 g/mol. The van der Waals surface area contributed by atoms with Crippen molar-refractivity contribution in [3.8, 4) is 5.75 Å². The van der Waals surface area contributed by atoms with E-state index in [0.717, 1.165) is 44.9 Å². The predicted molar refractivity (Wildman–Crippen MR) is 161 cm³/mol. The quantitative estimate of drug-likeness (QED) is 0.151. The predicted octanol–water partition coefficient (Wildman–Crippen LogP) is 8.24. The summed E-state index contributed by atoms with van der Waals surface area (Å²) in [5, 5.41) is 19.9. The van der Waals surface area contributed by atoms with Gasteiger partial charge in [-0.25, -0.2) is 4.79 Å². The maximum Gasteiger partial charge on any atom is 0.343 e. The molecule has 0 aromatic heterocycles. The molecular formula is C36H50O4.